The van der Waals surface area contributed by atoms with Crippen molar-refractivity contribution in [2.24, 2.45) is 0 Å². The number of methoxy groups -OCH3 is 1. The van der Waals surface area contributed by atoms with Gasteiger partial charge in [0.1, 0.15) is 11.4 Å². The van der Waals surface area contributed by atoms with E-state index in [1.807, 2.05) is 0 Å². The Bertz CT molecular complexity index is 739. The Morgan fingerprint density at radius 2 is 1.92 bits per heavy atom. The van der Waals surface area contributed by atoms with E-state index in [1.165, 1.54) is 13.2 Å². The molecule has 0 spiro atoms. The smallest absolute Gasteiger partial charge is 0.308 e. The molecule has 0 fully saturated rings. The van der Waals surface area contributed by atoms with E-state index in [4.69, 9.17) is 9.47 Å². The number of ketones is 2. The number of fused-ring (bicyclic) bond motifs is 1. The van der Waals surface area contributed by atoms with Gasteiger partial charge in [-0.2, -0.15) is 0 Å². The van der Waals surface area contributed by atoms with Gasteiger partial charge in [0.05, 0.1) is 25.2 Å². The second-order valence-corrected chi connectivity index (χ2v) is 6.89. The molecule has 0 aromatic heterocycles. The van der Waals surface area contributed by atoms with Gasteiger partial charge in [-0.25, -0.2) is 0 Å². The van der Waals surface area contributed by atoms with E-state index in [1.54, 1.807) is 39.0 Å². The maximum Gasteiger partial charge on any atom is 0.308 e. The Hall–Kier alpha value is -2.47. The van der Waals surface area contributed by atoms with Crippen LogP contribution in [0.1, 0.15) is 54.3 Å². The van der Waals surface area contributed by atoms with Crippen LogP contribution in [-0.4, -0.2) is 41.5 Å². The van der Waals surface area contributed by atoms with Crippen LogP contribution in [0.5, 0.6) is 5.75 Å². The number of ether oxygens (including phenoxy) is 2. The van der Waals surface area contributed by atoms with E-state index in [-0.39, 0.29) is 41.1 Å². The zero-order chi connectivity index (χ0) is 18.8. The molecule has 0 unspecified atom stereocenters. The van der Waals surface area contributed by atoms with Crippen molar-refractivity contribution in [3.8, 4) is 5.75 Å². The number of hydrogen-bond acceptors (Lipinski definition) is 6. The third-order valence-electron chi connectivity index (χ3n) is 3.61. The summed E-state index contributed by atoms with van der Waals surface area (Å²) in [4.78, 5) is 36.7. The lowest BCUT2D eigenvalue weighted by Gasteiger charge is -2.22. The summed E-state index contributed by atoms with van der Waals surface area (Å²) in [6, 6.07) is 4.79. The van der Waals surface area contributed by atoms with Gasteiger partial charge in [-0.05, 0) is 32.9 Å². The molecule has 0 bridgehead atoms. The third-order valence-corrected chi connectivity index (χ3v) is 3.61. The number of aliphatic hydroxyl groups is 1. The van der Waals surface area contributed by atoms with Crippen molar-refractivity contribution in [3.05, 3.63) is 41.0 Å². The fraction of sp³-hybridized carbons (Fsp3) is 0.421. The number of Topliss-reactive ketones (excluding diaryl/α,β-unsaturated/α-hetero) is 1. The predicted molar refractivity (Wildman–Crippen MR) is 90.8 cm³/mol. The van der Waals surface area contributed by atoms with Crippen molar-refractivity contribution in [3.63, 3.8) is 0 Å². The topological polar surface area (TPSA) is 89.9 Å². The average molecular weight is 346 g/mol. The molecule has 0 heterocycles. The summed E-state index contributed by atoms with van der Waals surface area (Å²) in [5.41, 5.74) is -0.0177. The highest BCUT2D eigenvalue weighted by molar-refractivity contribution is 6.25. The lowest BCUT2D eigenvalue weighted by atomic mass is 9.86. The second-order valence-electron chi connectivity index (χ2n) is 6.89. The standard InChI is InChI=1S/C19H22O6/c1-19(2,3)25-16(22)10-12(20)8-11-9-14(21)17-13(18(11)23)6-5-7-15(17)24-4/h5-7,9,12,20H,8,10H2,1-4H3/t12-/m0/s1. The van der Waals surface area contributed by atoms with Crippen LogP contribution >= 0.6 is 0 Å². The van der Waals surface area contributed by atoms with Crippen LogP contribution < -0.4 is 4.74 Å². The normalized spacial score (nSPS) is 15.3. The van der Waals surface area contributed by atoms with E-state index < -0.39 is 17.7 Å². The molecule has 25 heavy (non-hydrogen) atoms. The number of rotatable bonds is 5. The van der Waals surface area contributed by atoms with Crippen LogP contribution in [0.15, 0.2) is 29.8 Å². The van der Waals surface area contributed by atoms with Gasteiger partial charge in [0.2, 0.25) is 0 Å². The first kappa shape index (κ1) is 18.9. The van der Waals surface area contributed by atoms with Gasteiger partial charge in [0.15, 0.2) is 11.6 Å². The molecule has 1 aliphatic carbocycles. The van der Waals surface area contributed by atoms with Gasteiger partial charge in [-0.15, -0.1) is 0 Å². The third kappa shape index (κ3) is 4.54. The molecule has 0 saturated carbocycles. The Morgan fingerprint density at radius 1 is 1.24 bits per heavy atom. The minimum Gasteiger partial charge on any atom is -0.496 e. The van der Waals surface area contributed by atoms with Gasteiger partial charge in [0, 0.05) is 17.6 Å². The first-order valence-corrected chi connectivity index (χ1v) is 7.99. The van der Waals surface area contributed by atoms with E-state index in [0.717, 1.165) is 0 Å². The highest BCUT2D eigenvalue weighted by Gasteiger charge is 2.30. The Morgan fingerprint density at radius 3 is 2.52 bits per heavy atom. The van der Waals surface area contributed by atoms with Crippen LogP contribution in [-0.2, 0) is 9.53 Å². The first-order chi connectivity index (χ1) is 11.6. The summed E-state index contributed by atoms with van der Waals surface area (Å²) in [7, 11) is 1.43. The van der Waals surface area contributed by atoms with Gasteiger partial charge >= 0.3 is 5.97 Å². The number of carbonyl (C=O) groups is 3. The highest BCUT2D eigenvalue weighted by Crippen LogP contribution is 2.30. The fourth-order valence-electron chi connectivity index (χ4n) is 2.67. The fourth-order valence-corrected chi connectivity index (χ4v) is 2.67. The lowest BCUT2D eigenvalue weighted by molar-refractivity contribution is -0.157. The van der Waals surface area contributed by atoms with Crippen molar-refractivity contribution >= 4 is 17.5 Å². The Kier molecular flexibility index (Phi) is 5.42. The van der Waals surface area contributed by atoms with Gasteiger partial charge in [-0.3, -0.25) is 14.4 Å². The van der Waals surface area contributed by atoms with Crippen molar-refractivity contribution in [1.29, 1.82) is 0 Å². The van der Waals surface area contributed by atoms with Gasteiger partial charge in [-0.1, -0.05) is 12.1 Å². The molecule has 0 radical (unpaired) electrons. The molecule has 0 aliphatic heterocycles. The van der Waals surface area contributed by atoms with E-state index >= 15 is 0 Å². The van der Waals surface area contributed by atoms with E-state index in [0.29, 0.717) is 5.75 Å². The summed E-state index contributed by atoms with van der Waals surface area (Å²) < 4.78 is 10.3. The second kappa shape index (κ2) is 7.19. The molecule has 1 aromatic rings. The molecule has 2 rings (SSSR count). The van der Waals surface area contributed by atoms with Crippen LogP contribution in [0.2, 0.25) is 0 Å². The van der Waals surface area contributed by atoms with E-state index in [2.05, 4.69) is 0 Å². The molecule has 1 aliphatic rings. The molecule has 6 nitrogen and oxygen atoms in total. The van der Waals surface area contributed by atoms with Gasteiger partial charge in [0.25, 0.3) is 0 Å². The summed E-state index contributed by atoms with van der Waals surface area (Å²) in [6.07, 6.45) is -0.252. The molecule has 0 amide bonds. The molecule has 6 heteroatoms. The van der Waals surface area contributed by atoms with Crippen molar-refractivity contribution in [2.45, 2.75) is 45.3 Å². The number of allylic oxidation sites excluding steroid dienone is 1. The zero-order valence-electron chi connectivity index (χ0n) is 14.8. The highest BCUT2D eigenvalue weighted by atomic mass is 16.6. The quantitative estimate of drug-likeness (QED) is 0.824. The van der Waals surface area contributed by atoms with Crippen molar-refractivity contribution in [2.75, 3.05) is 7.11 Å². The largest absolute Gasteiger partial charge is 0.496 e. The zero-order valence-corrected chi connectivity index (χ0v) is 14.8. The number of aliphatic hydroxyl groups excluding tert-OH is 1. The lowest BCUT2D eigenvalue weighted by Crippen LogP contribution is -2.27. The molecular formula is C19H22O6. The molecule has 1 aromatic carbocycles. The first-order valence-electron chi connectivity index (χ1n) is 7.99. The summed E-state index contributed by atoms with van der Waals surface area (Å²) >= 11 is 0. The van der Waals surface area contributed by atoms with Crippen LogP contribution in [0.25, 0.3) is 0 Å². The number of hydrogen-bond donors (Lipinski definition) is 1. The number of benzene rings is 1. The minimum absolute atomic E-state index is 0.0968. The molecule has 1 N–H and O–H groups in total. The molecular weight excluding hydrogens is 324 g/mol. The van der Waals surface area contributed by atoms with Crippen LogP contribution in [0.4, 0.5) is 0 Å². The molecule has 1 atom stereocenters. The minimum atomic E-state index is -1.11. The van der Waals surface area contributed by atoms with Gasteiger partial charge < -0.3 is 14.6 Å². The van der Waals surface area contributed by atoms with Crippen LogP contribution in [0, 0.1) is 0 Å². The summed E-state index contributed by atoms with van der Waals surface area (Å²) in [6.45, 7) is 5.19. The predicted octanol–water partition coefficient (Wildman–Crippen LogP) is 2.48. The van der Waals surface area contributed by atoms with Crippen molar-refractivity contribution < 1.29 is 29.0 Å². The van der Waals surface area contributed by atoms with Crippen molar-refractivity contribution in [1.82, 2.24) is 0 Å². The Balaban J connectivity index is 2.13. The molecule has 134 valence electrons. The summed E-state index contributed by atoms with van der Waals surface area (Å²) in [5.74, 6) is -0.930. The monoisotopic (exact) mass is 346 g/mol. The van der Waals surface area contributed by atoms with E-state index in [9.17, 15) is 19.5 Å². The Labute approximate surface area is 146 Å². The molecule has 0 saturated heterocycles. The van der Waals surface area contributed by atoms with Crippen LogP contribution in [0.3, 0.4) is 0 Å². The summed E-state index contributed by atoms with van der Waals surface area (Å²) in [5, 5.41) is 10.1. The maximum absolute atomic E-state index is 12.6. The average Bonchev–Trinajstić information content (AvgIpc) is 2.49. The number of carbonyl (C=O) groups excluding carboxylic acids is 3. The maximum atomic E-state index is 12.6. The number of esters is 1. The SMILES string of the molecule is COc1cccc2c1C(=O)C=C(C[C@H](O)CC(=O)OC(C)(C)C)C2=O.